The van der Waals surface area contributed by atoms with Gasteiger partial charge in [0.15, 0.2) is 9.84 Å². The first kappa shape index (κ1) is 13.1. The number of anilines is 1. The van der Waals surface area contributed by atoms with E-state index in [1.54, 1.807) is 0 Å². The molecule has 1 atom stereocenters. The van der Waals surface area contributed by atoms with E-state index in [9.17, 15) is 13.2 Å². The summed E-state index contributed by atoms with van der Waals surface area (Å²) < 4.78 is 23.0. The summed E-state index contributed by atoms with van der Waals surface area (Å²) in [6.45, 7) is 1.90. The van der Waals surface area contributed by atoms with Crippen LogP contribution < -0.4 is 10.9 Å². The molecule has 0 bridgehead atoms. The van der Waals surface area contributed by atoms with Gasteiger partial charge in [0, 0.05) is 18.5 Å². The van der Waals surface area contributed by atoms with Gasteiger partial charge < -0.3 is 10.3 Å². The van der Waals surface area contributed by atoms with Crippen LogP contribution in [-0.2, 0) is 16.3 Å². The molecule has 0 saturated carbocycles. The van der Waals surface area contributed by atoms with Gasteiger partial charge in [-0.3, -0.25) is 4.79 Å². The lowest BCUT2D eigenvalue weighted by Gasteiger charge is -2.23. The molecular formula is C11H17N3O3S. The first-order valence-corrected chi connectivity index (χ1v) is 7.88. The summed E-state index contributed by atoms with van der Waals surface area (Å²) in [4.78, 5) is 18.2. The molecule has 0 aromatic carbocycles. The second-order valence-electron chi connectivity index (χ2n) is 4.53. The van der Waals surface area contributed by atoms with Crippen molar-refractivity contribution >= 4 is 15.7 Å². The van der Waals surface area contributed by atoms with Gasteiger partial charge in [0.1, 0.15) is 11.6 Å². The second kappa shape index (κ2) is 5.09. The Morgan fingerprint density at radius 3 is 3.00 bits per heavy atom. The van der Waals surface area contributed by atoms with Crippen LogP contribution in [0.1, 0.15) is 25.6 Å². The number of hydrogen-bond donors (Lipinski definition) is 2. The molecule has 100 valence electrons. The molecule has 2 N–H and O–H groups in total. The molecule has 1 saturated heterocycles. The number of hydrogen-bond acceptors (Lipinski definition) is 5. The van der Waals surface area contributed by atoms with Gasteiger partial charge in [-0.2, -0.15) is 0 Å². The van der Waals surface area contributed by atoms with E-state index in [0.717, 1.165) is 6.42 Å². The van der Waals surface area contributed by atoms with Gasteiger partial charge in [0.25, 0.3) is 5.56 Å². The van der Waals surface area contributed by atoms with Crippen molar-refractivity contribution in [1.82, 2.24) is 9.97 Å². The van der Waals surface area contributed by atoms with Crippen molar-refractivity contribution in [3.63, 3.8) is 0 Å². The zero-order valence-electron chi connectivity index (χ0n) is 10.3. The second-order valence-corrected chi connectivity index (χ2v) is 6.76. The van der Waals surface area contributed by atoms with Crippen molar-refractivity contribution in [2.24, 2.45) is 0 Å². The van der Waals surface area contributed by atoms with Crippen LogP contribution in [0.5, 0.6) is 0 Å². The lowest BCUT2D eigenvalue weighted by Crippen LogP contribution is -2.35. The molecule has 2 rings (SSSR count). The molecule has 2 heterocycles. The average Bonchev–Trinajstić information content (AvgIpc) is 2.26. The minimum Gasteiger partial charge on any atom is -0.366 e. The Bertz CT molecular complexity index is 579. The Balaban J connectivity index is 2.14. The standard InChI is InChI=1S/C11H17N3O3S/c1-2-9-13-10(6-11(15)14-9)12-8-4-3-5-18(16,17)7-8/h6,8H,2-5,7H2,1H3,(H2,12,13,14,15). The van der Waals surface area contributed by atoms with Gasteiger partial charge in [-0.25, -0.2) is 13.4 Å². The molecular weight excluding hydrogens is 254 g/mol. The quantitative estimate of drug-likeness (QED) is 0.826. The summed E-state index contributed by atoms with van der Waals surface area (Å²) in [5.74, 6) is 1.43. The minimum atomic E-state index is -2.95. The van der Waals surface area contributed by atoms with Crippen molar-refractivity contribution in [2.75, 3.05) is 16.8 Å². The van der Waals surface area contributed by atoms with Crippen LogP contribution >= 0.6 is 0 Å². The van der Waals surface area contributed by atoms with Crippen LogP contribution in [-0.4, -0.2) is 35.9 Å². The highest BCUT2D eigenvalue weighted by atomic mass is 32.2. The maximum atomic E-state index is 11.5. The Morgan fingerprint density at radius 2 is 2.33 bits per heavy atom. The number of nitrogens with one attached hydrogen (secondary N) is 2. The molecule has 6 nitrogen and oxygen atoms in total. The molecule has 0 radical (unpaired) electrons. The first-order chi connectivity index (χ1) is 8.48. The number of nitrogens with zero attached hydrogens (tertiary/aromatic N) is 1. The SMILES string of the molecule is CCc1nc(NC2CCCS(=O)(=O)C2)cc(=O)[nH]1. The molecule has 0 spiro atoms. The first-order valence-electron chi connectivity index (χ1n) is 6.06. The van der Waals surface area contributed by atoms with E-state index in [1.807, 2.05) is 6.92 Å². The van der Waals surface area contributed by atoms with Crippen LogP contribution in [0.25, 0.3) is 0 Å². The van der Waals surface area contributed by atoms with Crippen LogP contribution in [0.15, 0.2) is 10.9 Å². The topological polar surface area (TPSA) is 91.9 Å². The van der Waals surface area contributed by atoms with Crippen molar-refractivity contribution in [2.45, 2.75) is 32.2 Å². The van der Waals surface area contributed by atoms with Crippen LogP contribution in [0.4, 0.5) is 5.82 Å². The lowest BCUT2D eigenvalue weighted by atomic mass is 10.2. The van der Waals surface area contributed by atoms with E-state index >= 15 is 0 Å². The zero-order chi connectivity index (χ0) is 13.2. The van der Waals surface area contributed by atoms with Crippen molar-refractivity contribution < 1.29 is 8.42 Å². The minimum absolute atomic E-state index is 0.114. The molecule has 1 aliphatic rings. The normalized spacial score (nSPS) is 22.6. The predicted molar refractivity (Wildman–Crippen MR) is 69.5 cm³/mol. The average molecular weight is 271 g/mol. The highest BCUT2D eigenvalue weighted by molar-refractivity contribution is 7.91. The van der Waals surface area contributed by atoms with E-state index in [2.05, 4.69) is 15.3 Å². The Morgan fingerprint density at radius 1 is 1.56 bits per heavy atom. The fourth-order valence-corrected chi connectivity index (χ4v) is 3.73. The number of H-pyrrole nitrogens is 1. The Labute approximate surface area is 106 Å². The molecule has 1 fully saturated rings. The fourth-order valence-electron chi connectivity index (χ4n) is 2.10. The number of sulfone groups is 1. The molecule has 1 aliphatic heterocycles. The molecule has 7 heteroatoms. The largest absolute Gasteiger partial charge is 0.366 e. The predicted octanol–water partition coefficient (Wildman–Crippen LogP) is 0.321. The van der Waals surface area contributed by atoms with E-state index in [1.165, 1.54) is 6.07 Å². The smallest absolute Gasteiger partial charge is 0.252 e. The third-order valence-electron chi connectivity index (χ3n) is 2.94. The summed E-state index contributed by atoms with van der Waals surface area (Å²) in [6, 6.07) is 1.21. The summed E-state index contributed by atoms with van der Waals surface area (Å²) in [5.41, 5.74) is -0.219. The number of aromatic amines is 1. The maximum Gasteiger partial charge on any atom is 0.252 e. The molecule has 1 unspecified atom stereocenters. The van der Waals surface area contributed by atoms with Crippen molar-refractivity contribution in [1.29, 1.82) is 0 Å². The molecule has 1 aromatic heterocycles. The lowest BCUT2D eigenvalue weighted by molar-refractivity contribution is 0.561. The van der Waals surface area contributed by atoms with Gasteiger partial charge >= 0.3 is 0 Å². The maximum absolute atomic E-state index is 11.5. The van der Waals surface area contributed by atoms with Crippen molar-refractivity contribution in [3.8, 4) is 0 Å². The summed E-state index contributed by atoms with van der Waals surface area (Å²) >= 11 is 0. The molecule has 0 aliphatic carbocycles. The molecule has 1 aromatic rings. The van der Waals surface area contributed by atoms with Gasteiger partial charge in [0.05, 0.1) is 11.5 Å². The summed E-state index contributed by atoms with van der Waals surface area (Å²) in [7, 11) is -2.95. The summed E-state index contributed by atoms with van der Waals surface area (Å²) in [5, 5.41) is 3.04. The number of aryl methyl sites for hydroxylation is 1. The van der Waals surface area contributed by atoms with Crippen LogP contribution in [0.2, 0.25) is 0 Å². The van der Waals surface area contributed by atoms with Crippen molar-refractivity contribution in [3.05, 3.63) is 22.2 Å². The summed E-state index contributed by atoms with van der Waals surface area (Å²) in [6.07, 6.45) is 2.08. The van der Waals surface area contributed by atoms with E-state index in [0.29, 0.717) is 24.5 Å². The van der Waals surface area contributed by atoms with Gasteiger partial charge in [-0.05, 0) is 12.8 Å². The van der Waals surface area contributed by atoms with E-state index in [4.69, 9.17) is 0 Å². The number of rotatable bonds is 3. The van der Waals surface area contributed by atoms with Gasteiger partial charge in [-0.15, -0.1) is 0 Å². The van der Waals surface area contributed by atoms with Crippen LogP contribution in [0, 0.1) is 0 Å². The fraction of sp³-hybridized carbons (Fsp3) is 0.636. The zero-order valence-corrected chi connectivity index (χ0v) is 11.1. The monoisotopic (exact) mass is 271 g/mol. The Kier molecular flexibility index (Phi) is 3.70. The van der Waals surface area contributed by atoms with E-state index in [-0.39, 0.29) is 23.1 Å². The Hall–Kier alpha value is -1.37. The van der Waals surface area contributed by atoms with Crippen LogP contribution in [0.3, 0.4) is 0 Å². The van der Waals surface area contributed by atoms with E-state index < -0.39 is 9.84 Å². The highest BCUT2D eigenvalue weighted by Crippen LogP contribution is 2.15. The van der Waals surface area contributed by atoms with Gasteiger partial charge in [0.2, 0.25) is 0 Å². The molecule has 0 amide bonds. The number of aromatic nitrogens is 2. The third kappa shape index (κ3) is 3.32. The van der Waals surface area contributed by atoms with Gasteiger partial charge in [-0.1, -0.05) is 6.92 Å². The molecule has 18 heavy (non-hydrogen) atoms. The highest BCUT2D eigenvalue weighted by Gasteiger charge is 2.24. The third-order valence-corrected chi connectivity index (χ3v) is 4.76.